The molecule has 0 unspecified atom stereocenters. The van der Waals surface area contributed by atoms with Gasteiger partial charge in [0.05, 0.1) is 35.1 Å². The molecule has 0 saturated carbocycles. The molecule has 0 fully saturated rings. The second kappa shape index (κ2) is 6.56. The Hall–Kier alpha value is -4.00. The predicted octanol–water partition coefficient (Wildman–Crippen LogP) is 3.69. The van der Waals surface area contributed by atoms with Gasteiger partial charge in [-0.2, -0.15) is 0 Å². The Morgan fingerprint density at radius 3 is 2.76 bits per heavy atom. The molecule has 1 amide bonds. The van der Waals surface area contributed by atoms with Crippen molar-refractivity contribution in [2.75, 3.05) is 12.4 Å². The van der Waals surface area contributed by atoms with Crippen LogP contribution in [-0.4, -0.2) is 33.1 Å². The van der Waals surface area contributed by atoms with Crippen molar-refractivity contribution in [1.29, 1.82) is 0 Å². The fraction of sp³-hybridized carbons (Fsp3) is 0.0909. The number of hydrogen-bond acceptors (Lipinski definition) is 4. The second-order valence-electron chi connectivity index (χ2n) is 6.88. The normalized spacial score (nSPS) is 14.4. The Balaban J connectivity index is 1.59. The summed E-state index contributed by atoms with van der Waals surface area (Å²) < 4.78 is 5.34. The van der Waals surface area contributed by atoms with E-state index in [9.17, 15) is 9.90 Å². The maximum atomic E-state index is 12.6. The minimum atomic E-state index is -0.174. The van der Waals surface area contributed by atoms with Crippen LogP contribution in [0.15, 0.2) is 48.7 Å². The number of methoxy groups -OCH3 is 1. The molecular formula is C22H18N4O3. The number of carbonyl (C=O) groups excluding carboxylic acids is 1. The number of aromatic nitrogens is 3. The molecule has 29 heavy (non-hydrogen) atoms. The number of H-pyrrole nitrogens is 2. The first-order valence-corrected chi connectivity index (χ1v) is 9.16. The number of nitrogens with zero attached hydrogens (tertiary/aromatic N) is 1. The van der Waals surface area contributed by atoms with E-state index < -0.39 is 0 Å². The molecule has 0 bridgehead atoms. The number of aromatic amines is 2. The molecule has 4 aromatic rings. The largest absolute Gasteiger partial charge is 0.508 e. The zero-order chi connectivity index (χ0) is 20.0. The first kappa shape index (κ1) is 17.1. The smallest absolute Gasteiger partial charge is 0.256 e. The van der Waals surface area contributed by atoms with Crippen LogP contribution in [0.3, 0.4) is 0 Å². The van der Waals surface area contributed by atoms with E-state index in [1.165, 1.54) is 0 Å². The minimum absolute atomic E-state index is 0.174. The van der Waals surface area contributed by atoms with Crippen LogP contribution in [0.25, 0.3) is 22.7 Å². The predicted molar refractivity (Wildman–Crippen MR) is 111 cm³/mol. The summed E-state index contributed by atoms with van der Waals surface area (Å²) in [5, 5.41) is 12.4. The maximum absolute atomic E-state index is 12.6. The van der Waals surface area contributed by atoms with E-state index in [-0.39, 0.29) is 11.7 Å². The van der Waals surface area contributed by atoms with Gasteiger partial charge in [-0.25, -0.2) is 4.98 Å². The van der Waals surface area contributed by atoms with Crippen LogP contribution >= 0.6 is 0 Å². The molecule has 2 aromatic carbocycles. The van der Waals surface area contributed by atoms with Gasteiger partial charge in [0, 0.05) is 18.2 Å². The van der Waals surface area contributed by atoms with Gasteiger partial charge in [-0.1, -0.05) is 12.1 Å². The summed E-state index contributed by atoms with van der Waals surface area (Å²) in [7, 11) is 1.59. The van der Waals surface area contributed by atoms with Crippen molar-refractivity contribution in [2.24, 2.45) is 0 Å². The first-order chi connectivity index (χ1) is 14.1. The lowest BCUT2D eigenvalue weighted by Crippen LogP contribution is -2.03. The zero-order valence-corrected chi connectivity index (χ0v) is 15.6. The van der Waals surface area contributed by atoms with E-state index in [1.54, 1.807) is 31.5 Å². The van der Waals surface area contributed by atoms with Crippen LogP contribution in [0.4, 0.5) is 5.69 Å². The molecule has 1 aliphatic heterocycles. The number of carbonyl (C=O) groups is 1. The molecule has 7 heteroatoms. The number of imidazole rings is 1. The van der Waals surface area contributed by atoms with Gasteiger partial charge < -0.3 is 25.1 Å². The van der Waals surface area contributed by atoms with Crippen LogP contribution in [0.2, 0.25) is 0 Å². The Morgan fingerprint density at radius 1 is 1.14 bits per heavy atom. The lowest BCUT2D eigenvalue weighted by Gasteiger charge is -2.01. The van der Waals surface area contributed by atoms with Crippen molar-refractivity contribution in [3.63, 3.8) is 0 Å². The van der Waals surface area contributed by atoms with E-state index >= 15 is 0 Å². The van der Waals surface area contributed by atoms with Gasteiger partial charge in [0.15, 0.2) is 0 Å². The third-order valence-electron chi connectivity index (χ3n) is 5.02. The highest BCUT2D eigenvalue weighted by molar-refractivity contribution is 6.37. The number of rotatable bonds is 4. The maximum Gasteiger partial charge on any atom is 0.256 e. The van der Waals surface area contributed by atoms with Gasteiger partial charge in [0.25, 0.3) is 5.91 Å². The molecule has 4 N–H and O–H groups in total. The third-order valence-corrected chi connectivity index (χ3v) is 5.02. The summed E-state index contributed by atoms with van der Waals surface area (Å²) >= 11 is 0. The SMILES string of the molecule is COc1cc[nH]c1/C=C1\C(=O)Nc2ccc3[nH]c(Cc4ccc(O)cc4)nc3c21. The molecule has 0 radical (unpaired) electrons. The zero-order valence-electron chi connectivity index (χ0n) is 15.6. The number of amides is 1. The van der Waals surface area contributed by atoms with E-state index in [0.29, 0.717) is 17.7 Å². The lowest BCUT2D eigenvalue weighted by molar-refractivity contribution is -0.110. The first-order valence-electron chi connectivity index (χ1n) is 9.16. The van der Waals surface area contributed by atoms with Crippen LogP contribution in [0.1, 0.15) is 22.6 Å². The number of hydrogen-bond donors (Lipinski definition) is 4. The summed E-state index contributed by atoms with van der Waals surface area (Å²) in [6.45, 7) is 0. The Morgan fingerprint density at radius 2 is 1.97 bits per heavy atom. The molecular weight excluding hydrogens is 368 g/mol. The van der Waals surface area contributed by atoms with E-state index in [1.807, 2.05) is 30.3 Å². The number of phenols is 1. The molecule has 5 rings (SSSR count). The molecule has 0 spiro atoms. The quantitative estimate of drug-likeness (QED) is 0.402. The lowest BCUT2D eigenvalue weighted by atomic mass is 10.0. The number of benzene rings is 2. The van der Waals surface area contributed by atoms with Crippen molar-refractivity contribution < 1.29 is 14.6 Å². The van der Waals surface area contributed by atoms with Crippen LogP contribution < -0.4 is 10.1 Å². The summed E-state index contributed by atoms with van der Waals surface area (Å²) in [6.07, 6.45) is 4.15. The van der Waals surface area contributed by atoms with Gasteiger partial charge >= 0.3 is 0 Å². The number of aromatic hydroxyl groups is 1. The Bertz CT molecular complexity index is 1270. The standard InChI is InChI=1S/C22H18N4O3/c1-29-18-8-9-23-17(18)11-14-20-15(25-22(14)28)6-7-16-21(20)26-19(24-16)10-12-2-4-13(27)5-3-12/h2-9,11,23,27H,10H2,1H3,(H,24,26)(H,25,28)/b14-11-. The molecule has 1 aliphatic rings. The molecule has 0 saturated heterocycles. The number of anilines is 1. The van der Waals surface area contributed by atoms with Crippen molar-refractivity contribution >= 4 is 34.3 Å². The van der Waals surface area contributed by atoms with Gasteiger partial charge in [-0.05, 0) is 42.0 Å². The minimum Gasteiger partial charge on any atom is -0.508 e. The summed E-state index contributed by atoms with van der Waals surface area (Å²) in [6, 6.07) is 12.6. The van der Waals surface area contributed by atoms with Crippen molar-refractivity contribution in [3.05, 3.63) is 71.3 Å². The van der Waals surface area contributed by atoms with Crippen LogP contribution in [0, 0.1) is 0 Å². The summed E-state index contributed by atoms with van der Waals surface area (Å²) in [4.78, 5) is 23.8. The highest BCUT2D eigenvalue weighted by atomic mass is 16.5. The van der Waals surface area contributed by atoms with E-state index in [2.05, 4.69) is 15.3 Å². The van der Waals surface area contributed by atoms with E-state index in [4.69, 9.17) is 9.72 Å². The fourth-order valence-corrected chi connectivity index (χ4v) is 3.64. The molecule has 144 valence electrons. The van der Waals surface area contributed by atoms with Gasteiger partial charge in [0.2, 0.25) is 0 Å². The summed E-state index contributed by atoms with van der Waals surface area (Å²) in [5.74, 6) is 1.51. The Kier molecular flexibility index (Phi) is 3.87. The molecule has 7 nitrogen and oxygen atoms in total. The molecule has 0 atom stereocenters. The topological polar surface area (TPSA) is 103 Å². The van der Waals surface area contributed by atoms with Gasteiger partial charge in [-0.15, -0.1) is 0 Å². The molecule has 0 aliphatic carbocycles. The highest BCUT2D eigenvalue weighted by Crippen LogP contribution is 2.38. The van der Waals surface area contributed by atoms with Crippen molar-refractivity contribution in [1.82, 2.24) is 15.0 Å². The number of fused-ring (bicyclic) bond motifs is 3. The monoisotopic (exact) mass is 386 g/mol. The fourth-order valence-electron chi connectivity index (χ4n) is 3.64. The highest BCUT2D eigenvalue weighted by Gasteiger charge is 2.28. The van der Waals surface area contributed by atoms with Crippen LogP contribution in [0.5, 0.6) is 11.5 Å². The Labute approximate surface area is 166 Å². The van der Waals surface area contributed by atoms with Crippen molar-refractivity contribution in [2.45, 2.75) is 6.42 Å². The summed E-state index contributed by atoms with van der Waals surface area (Å²) in [5.41, 5.74) is 5.40. The van der Waals surface area contributed by atoms with Crippen LogP contribution in [-0.2, 0) is 11.2 Å². The van der Waals surface area contributed by atoms with Crippen molar-refractivity contribution in [3.8, 4) is 11.5 Å². The third kappa shape index (κ3) is 2.93. The molecule has 2 aromatic heterocycles. The average molecular weight is 386 g/mol. The molecule has 3 heterocycles. The average Bonchev–Trinajstić information content (AvgIpc) is 3.41. The number of nitrogens with one attached hydrogen (secondary N) is 3. The van der Waals surface area contributed by atoms with Gasteiger partial charge in [0.1, 0.15) is 17.3 Å². The number of phenolic OH excluding ortho intramolecular Hbond substituents is 1. The second-order valence-corrected chi connectivity index (χ2v) is 6.88. The van der Waals surface area contributed by atoms with Gasteiger partial charge in [-0.3, -0.25) is 4.79 Å². The van der Waals surface area contributed by atoms with E-state index in [0.717, 1.165) is 39.4 Å². The number of ether oxygens (including phenoxy) is 1.